The second-order valence-electron chi connectivity index (χ2n) is 10.2. The molecule has 0 radical (unpaired) electrons. The van der Waals surface area contributed by atoms with Gasteiger partial charge in [0, 0.05) is 46.8 Å². The summed E-state index contributed by atoms with van der Waals surface area (Å²) in [5.74, 6) is -0.504. The van der Waals surface area contributed by atoms with E-state index in [0.717, 1.165) is 17.3 Å². The van der Waals surface area contributed by atoms with Crippen LogP contribution in [0.2, 0.25) is 0 Å². The number of ether oxygens (including phenoxy) is 2. The Hall–Kier alpha value is -4.39. The van der Waals surface area contributed by atoms with Gasteiger partial charge in [0.25, 0.3) is 0 Å². The normalized spacial score (nSPS) is 11.9. The SMILES string of the molecule is CCOC(=O)C(Oc1ccc(C(=O)c2cn(CCCC(=O)O)c3ccccc23)cc1)c1ccc(CC(C)C)cc1. The van der Waals surface area contributed by atoms with Crippen LogP contribution in [-0.2, 0) is 27.3 Å². The molecule has 0 bridgehead atoms. The zero-order chi connectivity index (χ0) is 28.6. The highest BCUT2D eigenvalue weighted by molar-refractivity contribution is 6.16. The van der Waals surface area contributed by atoms with Gasteiger partial charge in [0.05, 0.1) is 6.61 Å². The van der Waals surface area contributed by atoms with Crippen molar-refractivity contribution in [1.29, 1.82) is 0 Å². The smallest absolute Gasteiger partial charge is 0.352 e. The lowest BCUT2D eigenvalue weighted by atomic mass is 10.00. The molecule has 1 unspecified atom stereocenters. The Bertz CT molecular complexity index is 1470. The van der Waals surface area contributed by atoms with Crippen molar-refractivity contribution in [2.45, 2.75) is 52.7 Å². The number of aryl methyl sites for hydroxylation is 1. The van der Waals surface area contributed by atoms with Gasteiger partial charge in [-0.15, -0.1) is 0 Å². The minimum Gasteiger partial charge on any atom is -0.481 e. The van der Waals surface area contributed by atoms with Crippen molar-refractivity contribution in [3.05, 3.63) is 101 Å². The van der Waals surface area contributed by atoms with Crippen molar-refractivity contribution < 1.29 is 29.0 Å². The maximum atomic E-state index is 13.5. The third kappa shape index (κ3) is 6.97. The molecule has 3 aromatic carbocycles. The molecule has 0 aliphatic heterocycles. The van der Waals surface area contributed by atoms with Crippen LogP contribution in [0, 0.1) is 5.92 Å². The Balaban J connectivity index is 1.54. The third-order valence-electron chi connectivity index (χ3n) is 6.62. The van der Waals surface area contributed by atoms with Crippen LogP contribution in [0.4, 0.5) is 0 Å². The minimum absolute atomic E-state index is 0.0616. The van der Waals surface area contributed by atoms with Gasteiger partial charge in [-0.2, -0.15) is 0 Å². The summed E-state index contributed by atoms with van der Waals surface area (Å²) in [7, 11) is 0. The van der Waals surface area contributed by atoms with Gasteiger partial charge in [0.2, 0.25) is 6.10 Å². The molecular weight excluding hydrogens is 506 g/mol. The number of benzene rings is 3. The summed E-state index contributed by atoms with van der Waals surface area (Å²) in [5.41, 5.74) is 3.79. The maximum Gasteiger partial charge on any atom is 0.352 e. The molecule has 208 valence electrons. The van der Waals surface area contributed by atoms with E-state index in [0.29, 0.717) is 41.3 Å². The first-order valence-electron chi connectivity index (χ1n) is 13.6. The van der Waals surface area contributed by atoms with Crippen molar-refractivity contribution in [2.24, 2.45) is 5.92 Å². The predicted octanol–water partition coefficient (Wildman–Crippen LogP) is 6.62. The molecule has 7 nitrogen and oxygen atoms in total. The molecule has 1 atom stereocenters. The average molecular weight is 542 g/mol. The van der Waals surface area contributed by atoms with E-state index in [1.807, 2.05) is 53.1 Å². The van der Waals surface area contributed by atoms with Crippen molar-refractivity contribution in [1.82, 2.24) is 4.57 Å². The lowest BCUT2D eigenvalue weighted by molar-refractivity contribution is -0.151. The first-order valence-corrected chi connectivity index (χ1v) is 13.6. The van der Waals surface area contributed by atoms with E-state index in [9.17, 15) is 14.4 Å². The number of para-hydroxylation sites is 1. The van der Waals surface area contributed by atoms with Gasteiger partial charge in [-0.1, -0.05) is 56.3 Å². The number of carboxylic acid groups (broad SMARTS) is 1. The summed E-state index contributed by atoms with van der Waals surface area (Å²) in [6, 6.07) is 22.1. The number of nitrogens with zero attached hydrogens (tertiary/aromatic N) is 1. The van der Waals surface area contributed by atoms with Crippen molar-refractivity contribution in [3.63, 3.8) is 0 Å². The van der Waals surface area contributed by atoms with Gasteiger partial charge in [-0.05, 0) is 61.6 Å². The van der Waals surface area contributed by atoms with E-state index in [2.05, 4.69) is 13.8 Å². The Morgan fingerprint density at radius 1 is 0.925 bits per heavy atom. The van der Waals surface area contributed by atoms with Crippen LogP contribution in [0.1, 0.15) is 66.8 Å². The van der Waals surface area contributed by atoms with Crippen LogP contribution in [-0.4, -0.2) is 34.0 Å². The minimum atomic E-state index is -0.932. The van der Waals surface area contributed by atoms with E-state index < -0.39 is 18.0 Å². The number of hydrogen-bond acceptors (Lipinski definition) is 5. The first kappa shape index (κ1) is 28.6. The Kier molecular flexibility index (Phi) is 9.38. The molecule has 1 aromatic heterocycles. The quantitative estimate of drug-likeness (QED) is 0.151. The summed E-state index contributed by atoms with van der Waals surface area (Å²) in [6.45, 7) is 6.81. The van der Waals surface area contributed by atoms with Crippen LogP contribution >= 0.6 is 0 Å². The number of fused-ring (bicyclic) bond motifs is 1. The van der Waals surface area contributed by atoms with Gasteiger partial charge < -0.3 is 19.1 Å². The number of esters is 1. The standard InChI is InChI=1S/C33H35NO6/c1-4-39-33(38)32(25-13-11-23(12-14-25)20-22(2)3)40-26-17-15-24(16-18-26)31(37)28-21-34(19-7-10-30(35)36)29-9-6-5-8-27(28)29/h5-6,8-9,11-18,21-22,32H,4,7,10,19-20H2,1-3H3,(H,35,36). The predicted molar refractivity (Wildman–Crippen MR) is 154 cm³/mol. The topological polar surface area (TPSA) is 94.8 Å². The van der Waals surface area contributed by atoms with E-state index in [1.165, 1.54) is 5.56 Å². The number of aromatic nitrogens is 1. The van der Waals surface area contributed by atoms with Gasteiger partial charge in [0.1, 0.15) is 5.75 Å². The number of ketones is 1. The second-order valence-corrected chi connectivity index (χ2v) is 10.2. The lowest BCUT2D eigenvalue weighted by Crippen LogP contribution is -2.21. The third-order valence-corrected chi connectivity index (χ3v) is 6.62. The fourth-order valence-corrected chi connectivity index (χ4v) is 4.76. The fraction of sp³-hybridized carbons (Fsp3) is 0.303. The number of aliphatic carboxylic acids is 1. The fourth-order valence-electron chi connectivity index (χ4n) is 4.76. The molecule has 0 saturated carbocycles. The summed E-state index contributed by atoms with van der Waals surface area (Å²) in [6.07, 6.45) is 2.33. The van der Waals surface area contributed by atoms with E-state index in [4.69, 9.17) is 14.6 Å². The molecular formula is C33H35NO6. The number of hydrogen-bond donors (Lipinski definition) is 1. The number of rotatable bonds is 13. The molecule has 0 amide bonds. The summed E-state index contributed by atoms with van der Waals surface area (Å²) in [5, 5.41) is 9.80. The Morgan fingerprint density at radius 2 is 1.62 bits per heavy atom. The van der Waals surface area contributed by atoms with E-state index >= 15 is 0 Å². The van der Waals surface area contributed by atoms with E-state index in [-0.39, 0.29) is 18.8 Å². The number of carboxylic acids is 1. The van der Waals surface area contributed by atoms with Gasteiger partial charge in [0.15, 0.2) is 5.78 Å². The number of carbonyl (C=O) groups excluding carboxylic acids is 2. The van der Waals surface area contributed by atoms with Crippen molar-refractivity contribution >= 4 is 28.6 Å². The van der Waals surface area contributed by atoms with Crippen LogP contribution in [0.5, 0.6) is 5.75 Å². The molecule has 0 spiro atoms. The molecule has 0 saturated heterocycles. The molecule has 0 fully saturated rings. The first-order chi connectivity index (χ1) is 19.3. The monoisotopic (exact) mass is 541 g/mol. The molecule has 0 aliphatic rings. The van der Waals surface area contributed by atoms with Crippen LogP contribution in [0.15, 0.2) is 79.0 Å². The Morgan fingerprint density at radius 3 is 2.27 bits per heavy atom. The number of carbonyl (C=O) groups is 3. The average Bonchev–Trinajstić information content (AvgIpc) is 3.30. The van der Waals surface area contributed by atoms with Crippen LogP contribution in [0.25, 0.3) is 10.9 Å². The van der Waals surface area contributed by atoms with E-state index in [1.54, 1.807) is 37.4 Å². The highest BCUT2D eigenvalue weighted by Gasteiger charge is 2.25. The highest BCUT2D eigenvalue weighted by Crippen LogP contribution is 2.28. The molecule has 1 heterocycles. The zero-order valence-electron chi connectivity index (χ0n) is 23.1. The zero-order valence-corrected chi connectivity index (χ0v) is 23.1. The lowest BCUT2D eigenvalue weighted by Gasteiger charge is -2.19. The largest absolute Gasteiger partial charge is 0.481 e. The molecule has 0 aliphatic carbocycles. The summed E-state index contributed by atoms with van der Waals surface area (Å²) >= 11 is 0. The maximum absolute atomic E-state index is 13.5. The van der Waals surface area contributed by atoms with Crippen molar-refractivity contribution in [2.75, 3.05) is 6.61 Å². The second kappa shape index (κ2) is 13.1. The summed E-state index contributed by atoms with van der Waals surface area (Å²) in [4.78, 5) is 37.2. The van der Waals surface area contributed by atoms with Crippen LogP contribution < -0.4 is 4.74 Å². The molecule has 4 rings (SSSR count). The van der Waals surface area contributed by atoms with Crippen molar-refractivity contribution in [3.8, 4) is 5.75 Å². The molecule has 4 aromatic rings. The van der Waals surface area contributed by atoms with Gasteiger partial charge in [-0.3, -0.25) is 9.59 Å². The summed E-state index contributed by atoms with van der Waals surface area (Å²) < 4.78 is 13.3. The highest BCUT2D eigenvalue weighted by atomic mass is 16.6. The Labute approximate surface area is 234 Å². The van der Waals surface area contributed by atoms with Crippen LogP contribution in [0.3, 0.4) is 0 Å². The molecule has 40 heavy (non-hydrogen) atoms. The van der Waals surface area contributed by atoms with Gasteiger partial charge >= 0.3 is 11.9 Å². The van der Waals surface area contributed by atoms with Gasteiger partial charge in [-0.25, -0.2) is 4.79 Å². The molecule has 1 N–H and O–H groups in total. The molecule has 7 heteroatoms.